The smallest absolute Gasteiger partial charge is 0.232 e. The molecule has 0 spiro atoms. The Bertz CT molecular complexity index is 927. The summed E-state index contributed by atoms with van der Waals surface area (Å²) >= 11 is 0. The van der Waals surface area contributed by atoms with Crippen LogP contribution in [-0.4, -0.2) is 41.0 Å². The van der Waals surface area contributed by atoms with E-state index in [-0.39, 0.29) is 25.7 Å². The fourth-order valence-electron chi connectivity index (χ4n) is 2.63. The molecule has 0 aliphatic carbocycles. The van der Waals surface area contributed by atoms with Crippen LogP contribution in [-0.2, 0) is 14.8 Å². The molecule has 3 rings (SSSR count). The van der Waals surface area contributed by atoms with Crippen LogP contribution in [0.3, 0.4) is 0 Å². The van der Waals surface area contributed by atoms with Crippen LogP contribution in [0.5, 0.6) is 17.2 Å². The van der Waals surface area contributed by atoms with Crippen molar-refractivity contribution in [3.8, 4) is 17.2 Å². The summed E-state index contributed by atoms with van der Waals surface area (Å²) in [6, 6.07) is 11.7. The second kappa shape index (κ2) is 7.75. The molecule has 1 amide bonds. The van der Waals surface area contributed by atoms with E-state index in [9.17, 15) is 13.2 Å². The lowest BCUT2D eigenvalue weighted by molar-refractivity contribution is -0.116. The molecule has 144 valence electrons. The van der Waals surface area contributed by atoms with Crippen molar-refractivity contribution in [2.24, 2.45) is 0 Å². The molecule has 1 heterocycles. The Kier molecular flexibility index (Phi) is 5.41. The van der Waals surface area contributed by atoms with Gasteiger partial charge in [0, 0.05) is 24.7 Å². The van der Waals surface area contributed by atoms with Gasteiger partial charge in [-0.25, -0.2) is 8.42 Å². The van der Waals surface area contributed by atoms with Gasteiger partial charge in [-0.2, -0.15) is 0 Å². The molecule has 1 aliphatic rings. The number of carbonyl (C=O) groups is 1. The fraction of sp³-hybridized carbons (Fsp3) is 0.278. The number of rotatable bonds is 7. The molecule has 0 bridgehead atoms. The maximum absolute atomic E-state index is 12.2. The summed E-state index contributed by atoms with van der Waals surface area (Å²) in [7, 11) is -2.01. The third-order valence-corrected chi connectivity index (χ3v) is 5.15. The summed E-state index contributed by atoms with van der Waals surface area (Å²) in [5.74, 6) is 1.42. The van der Waals surface area contributed by atoms with Crippen LogP contribution in [0.4, 0.5) is 11.4 Å². The van der Waals surface area contributed by atoms with E-state index in [4.69, 9.17) is 14.2 Å². The number of fused-ring (bicyclic) bond motifs is 1. The Morgan fingerprint density at radius 3 is 2.52 bits per heavy atom. The molecule has 0 radical (unpaired) electrons. The molecule has 27 heavy (non-hydrogen) atoms. The molecule has 0 saturated heterocycles. The highest BCUT2D eigenvalue weighted by atomic mass is 32.2. The van der Waals surface area contributed by atoms with Gasteiger partial charge in [-0.05, 0) is 36.4 Å². The third kappa shape index (κ3) is 4.62. The van der Waals surface area contributed by atoms with Crippen LogP contribution in [0.15, 0.2) is 42.5 Å². The minimum atomic E-state index is -3.57. The first kappa shape index (κ1) is 18.8. The van der Waals surface area contributed by atoms with Crippen molar-refractivity contribution in [1.29, 1.82) is 0 Å². The van der Waals surface area contributed by atoms with Crippen molar-refractivity contribution in [2.75, 3.05) is 36.3 Å². The Morgan fingerprint density at radius 1 is 1.15 bits per heavy atom. The Labute approximate surface area is 157 Å². The van der Waals surface area contributed by atoms with Gasteiger partial charge >= 0.3 is 0 Å². The van der Waals surface area contributed by atoms with Gasteiger partial charge in [0.15, 0.2) is 11.5 Å². The van der Waals surface area contributed by atoms with Crippen molar-refractivity contribution in [2.45, 2.75) is 6.42 Å². The number of amides is 1. The minimum absolute atomic E-state index is 0.000461. The summed E-state index contributed by atoms with van der Waals surface area (Å²) in [6.45, 7) is 0.0996. The predicted octanol–water partition coefficient (Wildman–Crippen LogP) is 2.22. The highest BCUT2D eigenvalue weighted by molar-refractivity contribution is 7.92. The van der Waals surface area contributed by atoms with Crippen molar-refractivity contribution in [3.05, 3.63) is 42.5 Å². The summed E-state index contributed by atoms with van der Waals surface area (Å²) in [5.41, 5.74) is 1.02. The van der Waals surface area contributed by atoms with E-state index < -0.39 is 10.0 Å². The second-order valence-electron chi connectivity index (χ2n) is 5.90. The number of sulfonamides is 1. The number of carbonyl (C=O) groups excluding carboxylic acids is 1. The lowest BCUT2D eigenvalue weighted by Crippen LogP contribution is -2.33. The summed E-state index contributed by atoms with van der Waals surface area (Å²) in [4.78, 5) is 12.2. The van der Waals surface area contributed by atoms with Crippen molar-refractivity contribution >= 4 is 27.3 Å². The topological polar surface area (TPSA) is 94.2 Å². The first-order chi connectivity index (χ1) is 12.9. The molecule has 0 saturated carbocycles. The van der Waals surface area contributed by atoms with Gasteiger partial charge in [-0.1, -0.05) is 0 Å². The molecule has 2 aromatic carbocycles. The summed E-state index contributed by atoms with van der Waals surface area (Å²) in [6.07, 6.45) is 1.09. The number of ether oxygens (including phenoxy) is 3. The molecule has 8 nitrogen and oxygen atoms in total. The Balaban J connectivity index is 1.67. The number of hydrogen-bond acceptors (Lipinski definition) is 6. The molecule has 9 heteroatoms. The molecule has 0 aromatic heterocycles. The van der Waals surface area contributed by atoms with Crippen molar-refractivity contribution in [3.63, 3.8) is 0 Å². The lowest BCUT2D eigenvalue weighted by Gasteiger charge is -2.22. The molecular weight excluding hydrogens is 372 g/mol. The zero-order valence-electron chi connectivity index (χ0n) is 15.0. The standard InChI is InChI=1S/C18H20N2O6S/c1-24-15-6-3-13(4-7-15)19-18(21)9-10-20(27(2,22)23)14-5-8-16-17(11-14)26-12-25-16/h3-8,11H,9-10,12H2,1-2H3,(H,19,21). The van der Waals surface area contributed by atoms with Crippen LogP contribution in [0.2, 0.25) is 0 Å². The summed E-state index contributed by atoms with van der Waals surface area (Å²) in [5, 5.41) is 2.73. The molecule has 1 N–H and O–H groups in total. The number of nitrogens with one attached hydrogen (secondary N) is 1. The number of hydrogen-bond donors (Lipinski definition) is 1. The molecule has 0 fully saturated rings. The van der Waals surface area contributed by atoms with Crippen LogP contribution in [0, 0.1) is 0 Å². The van der Waals surface area contributed by atoms with E-state index >= 15 is 0 Å². The fourth-order valence-corrected chi connectivity index (χ4v) is 3.55. The highest BCUT2D eigenvalue weighted by Crippen LogP contribution is 2.36. The normalized spacial score (nSPS) is 12.5. The quantitative estimate of drug-likeness (QED) is 0.777. The van der Waals surface area contributed by atoms with Gasteiger partial charge in [-0.3, -0.25) is 9.10 Å². The summed E-state index contributed by atoms with van der Waals surface area (Å²) < 4.78 is 41.1. The zero-order valence-corrected chi connectivity index (χ0v) is 15.8. The number of benzene rings is 2. The average Bonchev–Trinajstić information content (AvgIpc) is 3.09. The number of methoxy groups -OCH3 is 1. The van der Waals surface area contributed by atoms with E-state index in [2.05, 4.69) is 5.32 Å². The zero-order chi connectivity index (χ0) is 19.4. The lowest BCUT2D eigenvalue weighted by atomic mass is 10.2. The van der Waals surface area contributed by atoms with E-state index in [1.54, 1.807) is 49.6 Å². The average molecular weight is 392 g/mol. The third-order valence-electron chi connectivity index (χ3n) is 3.96. The van der Waals surface area contributed by atoms with Gasteiger partial charge in [0.2, 0.25) is 22.7 Å². The molecule has 0 unspecified atom stereocenters. The Hall–Kier alpha value is -2.94. The monoisotopic (exact) mass is 392 g/mol. The molecule has 1 aliphatic heterocycles. The molecule has 2 aromatic rings. The number of nitrogens with zero attached hydrogens (tertiary/aromatic N) is 1. The number of anilines is 2. The van der Waals surface area contributed by atoms with E-state index in [0.717, 1.165) is 6.26 Å². The maximum Gasteiger partial charge on any atom is 0.232 e. The minimum Gasteiger partial charge on any atom is -0.497 e. The first-order valence-corrected chi connectivity index (χ1v) is 10.0. The first-order valence-electron chi connectivity index (χ1n) is 8.18. The second-order valence-corrected chi connectivity index (χ2v) is 7.81. The largest absolute Gasteiger partial charge is 0.497 e. The van der Waals surface area contributed by atoms with E-state index in [1.807, 2.05) is 0 Å². The molecular formula is C18H20N2O6S. The van der Waals surface area contributed by atoms with Crippen molar-refractivity contribution in [1.82, 2.24) is 0 Å². The van der Waals surface area contributed by atoms with E-state index in [1.165, 1.54) is 4.31 Å². The van der Waals surface area contributed by atoms with Crippen molar-refractivity contribution < 1.29 is 27.4 Å². The van der Waals surface area contributed by atoms with Gasteiger partial charge in [0.05, 0.1) is 19.1 Å². The van der Waals surface area contributed by atoms with Gasteiger partial charge in [0.25, 0.3) is 0 Å². The van der Waals surface area contributed by atoms with Gasteiger partial charge < -0.3 is 19.5 Å². The van der Waals surface area contributed by atoms with Crippen LogP contribution in [0.1, 0.15) is 6.42 Å². The maximum atomic E-state index is 12.2. The van der Waals surface area contributed by atoms with E-state index in [0.29, 0.717) is 28.6 Å². The Morgan fingerprint density at radius 2 is 1.85 bits per heavy atom. The predicted molar refractivity (Wildman–Crippen MR) is 101 cm³/mol. The molecule has 0 atom stereocenters. The van der Waals surface area contributed by atoms with Gasteiger partial charge in [-0.15, -0.1) is 0 Å². The van der Waals surface area contributed by atoms with Crippen LogP contribution in [0.25, 0.3) is 0 Å². The highest BCUT2D eigenvalue weighted by Gasteiger charge is 2.22. The van der Waals surface area contributed by atoms with Crippen LogP contribution >= 0.6 is 0 Å². The van der Waals surface area contributed by atoms with Crippen LogP contribution < -0.4 is 23.8 Å². The van der Waals surface area contributed by atoms with Gasteiger partial charge in [0.1, 0.15) is 5.75 Å². The SMILES string of the molecule is COc1ccc(NC(=O)CCN(c2ccc3c(c2)OCO3)S(C)(=O)=O)cc1.